The monoisotopic (exact) mass is 859 g/mol. The van der Waals surface area contributed by atoms with Crippen LogP contribution in [0.1, 0.15) is 0 Å². The number of fused-ring (bicyclic) bond motifs is 7. The molecule has 0 atom stereocenters. The summed E-state index contributed by atoms with van der Waals surface area (Å²) in [4.78, 5) is 40.5. The van der Waals surface area contributed by atoms with Crippen LogP contribution in [0.2, 0.25) is 0 Å². The van der Waals surface area contributed by atoms with Crippen molar-refractivity contribution in [1.82, 2.24) is 43.6 Å². The van der Waals surface area contributed by atoms with Crippen LogP contribution in [-0.4, -0.2) is 57.7 Å². The Kier molecular flexibility index (Phi) is 8.04. The Morgan fingerprint density at radius 2 is 0.682 bits per heavy atom. The molecule has 66 heavy (non-hydrogen) atoms. The topological polar surface area (TPSA) is 105 Å². The maximum Gasteiger partial charge on any atom is 0.160 e. The molecular formula is C53H41N13. The van der Waals surface area contributed by atoms with Crippen LogP contribution >= 0.6 is 0 Å². The molecule has 0 N–H and O–H groups in total. The predicted molar refractivity (Wildman–Crippen MR) is 264 cm³/mol. The van der Waals surface area contributed by atoms with E-state index < -0.39 is 0 Å². The molecule has 0 saturated carbocycles. The van der Waals surface area contributed by atoms with E-state index >= 15 is 0 Å². The van der Waals surface area contributed by atoms with Crippen LogP contribution in [-0.2, 0) is 21.1 Å². The van der Waals surface area contributed by atoms with E-state index in [1.807, 2.05) is 69.1 Å². The molecule has 11 aromatic rings. The third kappa shape index (κ3) is 5.21. The van der Waals surface area contributed by atoms with Crippen molar-refractivity contribution < 1.29 is 0 Å². The zero-order valence-corrected chi connectivity index (χ0v) is 36.8. The normalized spacial score (nSPS) is 13.1. The Morgan fingerprint density at radius 3 is 1.09 bits per heavy atom. The molecule has 6 aromatic heterocycles. The number of nitrogens with zero attached hydrogens (tertiary/aromatic N) is 13. The number of rotatable bonds is 5. The number of pyridine rings is 3. The first kappa shape index (κ1) is 37.7. The smallest absolute Gasteiger partial charge is 0.160 e. The van der Waals surface area contributed by atoms with E-state index in [2.05, 4.69) is 158 Å². The highest BCUT2D eigenvalue weighted by Crippen LogP contribution is 2.62. The lowest BCUT2D eigenvalue weighted by Crippen LogP contribution is -2.28. The molecule has 0 spiro atoms. The molecule has 2 aliphatic heterocycles. The highest BCUT2D eigenvalue weighted by atomic mass is 15.3. The number of anilines is 10. The van der Waals surface area contributed by atoms with Crippen molar-refractivity contribution in [2.24, 2.45) is 21.1 Å². The molecule has 0 unspecified atom stereocenters. The van der Waals surface area contributed by atoms with Gasteiger partial charge in [-0.25, -0.2) is 29.9 Å². The number of benzene rings is 5. The van der Waals surface area contributed by atoms with Crippen molar-refractivity contribution in [3.63, 3.8) is 0 Å². The summed E-state index contributed by atoms with van der Waals surface area (Å²) in [7, 11) is 10.4. The summed E-state index contributed by atoms with van der Waals surface area (Å²) in [5.74, 6) is 2.13. The third-order valence-corrected chi connectivity index (χ3v) is 13.3. The average Bonchev–Trinajstić information content (AvgIpc) is 4.01. The second kappa shape index (κ2) is 14.1. The minimum absolute atomic E-state index is 0.705. The van der Waals surface area contributed by atoms with Crippen LogP contribution in [0.25, 0.3) is 67.7 Å². The lowest BCUT2D eigenvalue weighted by Gasteiger charge is -2.44. The van der Waals surface area contributed by atoms with Gasteiger partial charge in [-0.1, -0.05) is 48.5 Å². The lowest BCUT2D eigenvalue weighted by molar-refractivity contribution is 0.924. The number of para-hydroxylation sites is 8. The van der Waals surface area contributed by atoms with Crippen LogP contribution in [0, 0.1) is 0 Å². The van der Waals surface area contributed by atoms with Crippen molar-refractivity contribution >= 4 is 90.4 Å². The van der Waals surface area contributed by atoms with E-state index in [0.717, 1.165) is 113 Å². The van der Waals surface area contributed by atoms with Crippen molar-refractivity contribution in [3.05, 3.63) is 158 Å². The van der Waals surface area contributed by atoms with Crippen LogP contribution in [0.15, 0.2) is 158 Å². The molecule has 13 nitrogen and oxygen atoms in total. The van der Waals surface area contributed by atoms with Crippen molar-refractivity contribution in [2.45, 2.75) is 0 Å². The summed E-state index contributed by atoms with van der Waals surface area (Å²) in [5, 5.41) is 0. The van der Waals surface area contributed by atoms with Crippen molar-refractivity contribution in [1.29, 1.82) is 0 Å². The van der Waals surface area contributed by atoms with E-state index in [1.165, 1.54) is 0 Å². The van der Waals surface area contributed by atoms with Crippen LogP contribution in [0.3, 0.4) is 0 Å². The van der Waals surface area contributed by atoms with Gasteiger partial charge in [0.2, 0.25) is 0 Å². The van der Waals surface area contributed by atoms with Gasteiger partial charge in [-0.2, -0.15) is 0 Å². The molecule has 13 rings (SSSR count). The summed E-state index contributed by atoms with van der Waals surface area (Å²) >= 11 is 0. The molecule has 5 aromatic carbocycles. The Bertz CT molecular complexity index is 3690. The molecular weight excluding hydrogens is 819 g/mol. The molecule has 0 bridgehead atoms. The minimum Gasteiger partial charge on any atom is -0.341 e. The molecule has 13 heteroatoms. The maximum absolute atomic E-state index is 5.57. The molecule has 0 saturated heterocycles. The summed E-state index contributed by atoms with van der Waals surface area (Å²) in [5.41, 5.74) is 17.2. The van der Waals surface area contributed by atoms with Crippen molar-refractivity contribution in [2.75, 3.05) is 33.7 Å². The second-order valence-electron chi connectivity index (χ2n) is 16.8. The first-order chi connectivity index (χ1) is 32.4. The molecule has 8 heterocycles. The number of hydrogen-bond acceptors (Lipinski definition) is 10. The van der Waals surface area contributed by atoms with Crippen LogP contribution < -0.4 is 19.6 Å². The average molecular weight is 860 g/mol. The largest absolute Gasteiger partial charge is 0.341 e. The second-order valence-corrected chi connectivity index (χ2v) is 16.8. The molecule has 0 radical (unpaired) electrons. The third-order valence-electron chi connectivity index (χ3n) is 13.3. The quantitative estimate of drug-likeness (QED) is 0.166. The highest BCUT2D eigenvalue weighted by molar-refractivity contribution is 6.13. The van der Waals surface area contributed by atoms with Gasteiger partial charge in [0.1, 0.15) is 34.0 Å². The fraction of sp³-hybridized carbons (Fsp3) is 0.0943. The van der Waals surface area contributed by atoms with Crippen LogP contribution in [0.4, 0.5) is 56.9 Å². The Hall–Kier alpha value is -8.84. The van der Waals surface area contributed by atoms with Gasteiger partial charge in [-0.15, -0.1) is 0 Å². The SMILES string of the molecule is CN1c2ccccc2N(c2cc(-c3nc4cccnc4n3C)c(-c3nc4cccnc4n3C)c(-c3nc4cccnc4n3C)c2N2c3ccccc3N(C)c3ccccc32)c2ccccc21. The summed E-state index contributed by atoms with van der Waals surface area (Å²) in [6.45, 7) is 0. The van der Waals surface area contributed by atoms with Gasteiger partial charge in [-0.3, -0.25) is 0 Å². The summed E-state index contributed by atoms with van der Waals surface area (Å²) in [6.07, 6.45) is 5.46. The first-order valence-electron chi connectivity index (χ1n) is 21.9. The molecule has 0 aliphatic carbocycles. The molecule has 0 amide bonds. The fourth-order valence-corrected chi connectivity index (χ4v) is 10.2. The Labute approximate surface area is 379 Å². The van der Waals surface area contributed by atoms with Gasteiger partial charge in [0, 0.05) is 65.0 Å². The summed E-state index contributed by atoms with van der Waals surface area (Å²) < 4.78 is 6.29. The van der Waals surface area contributed by atoms with Gasteiger partial charge in [0.05, 0.1) is 62.4 Å². The van der Waals surface area contributed by atoms with Gasteiger partial charge in [0.25, 0.3) is 0 Å². The Balaban J connectivity index is 1.31. The van der Waals surface area contributed by atoms with E-state index in [9.17, 15) is 0 Å². The lowest BCUT2D eigenvalue weighted by atomic mass is 9.91. The zero-order valence-electron chi connectivity index (χ0n) is 36.8. The number of imidazole rings is 3. The number of aromatic nitrogens is 9. The minimum atomic E-state index is 0.705. The molecule has 0 fully saturated rings. The first-order valence-corrected chi connectivity index (χ1v) is 21.9. The fourth-order valence-electron chi connectivity index (χ4n) is 10.2. The number of hydrogen-bond donors (Lipinski definition) is 0. The zero-order chi connectivity index (χ0) is 44.4. The van der Waals surface area contributed by atoms with Crippen molar-refractivity contribution in [3.8, 4) is 34.2 Å². The standard InChI is InChI=1S/C53H41N13/c1-60-36-20-6-10-24-40(36)65(41-25-11-7-21-37(41)60)44-31-32(48-57-33-17-14-28-54-49(33)62(48)3)45(52-58-34-18-15-29-55-50(34)63(52)4)46(53-59-35-19-16-30-56-51(35)64(53)5)47(44)66-42-26-12-8-22-38(42)61(2)39-23-9-13-27-43(39)66/h6-31H,1-5H3. The van der Waals surface area contributed by atoms with E-state index in [-0.39, 0.29) is 0 Å². The summed E-state index contributed by atoms with van der Waals surface area (Å²) in [6, 6.07) is 48.7. The van der Waals surface area contributed by atoms with E-state index in [1.54, 1.807) is 0 Å². The van der Waals surface area contributed by atoms with Gasteiger partial charge >= 0.3 is 0 Å². The van der Waals surface area contributed by atoms with Gasteiger partial charge in [0.15, 0.2) is 16.9 Å². The number of aryl methyl sites for hydroxylation is 3. The Morgan fingerprint density at radius 1 is 0.333 bits per heavy atom. The predicted octanol–water partition coefficient (Wildman–Crippen LogP) is 11.6. The molecule has 318 valence electrons. The molecule has 2 aliphatic rings. The highest BCUT2D eigenvalue weighted by Gasteiger charge is 2.40. The maximum atomic E-state index is 5.57. The van der Waals surface area contributed by atoms with Crippen LogP contribution in [0.5, 0.6) is 0 Å². The van der Waals surface area contributed by atoms with E-state index in [0.29, 0.717) is 11.6 Å². The van der Waals surface area contributed by atoms with E-state index in [4.69, 9.17) is 29.9 Å². The van der Waals surface area contributed by atoms with Gasteiger partial charge in [-0.05, 0) is 91.0 Å². The van der Waals surface area contributed by atoms with Gasteiger partial charge < -0.3 is 33.3 Å².